The Labute approximate surface area is 162 Å². The van der Waals surface area contributed by atoms with Crippen LogP contribution >= 0.6 is 0 Å². The van der Waals surface area contributed by atoms with Gasteiger partial charge in [0.05, 0.1) is 0 Å². The first-order valence-electron chi connectivity index (χ1n) is 9.37. The van der Waals surface area contributed by atoms with Gasteiger partial charge in [-0.2, -0.15) is 0 Å². The average Bonchev–Trinajstić information content (AvgIpc) is 2.59. The molecule has 0 atom stereocenters. The molecule has 0 aliphatic carbocycles. The minimum atomic E-state index is -0.213. The second-order valence-electron chi connectivity index (χ2n) is 8.20. The fourth-order valence-electron chi connectivity index (χ4n) is 3.00. The molecule has 1 N–H and O–H groups in total. The lowest BCUT2D eigenvalue weighted by atomic mass is 9.86. The van der Waals surface area contributed by atoms with E-state index in [0.717, 1.165) is 16.9 Å². The quantitative estimate of drug-likeness (QED) is 0.800. The molecule has 0 aliphatic heterocycles. The summed E-state index contributed by atoms with van der Waals surface area (Å²) >= 11 is 0. The lowest BCUT2D eigenvalue weighted by molar-refractivity contribution is -0.120. The van der Waals surface area contributed by atoms with E-state index in [1.807, 2.05) is 48.5 Å². The molecule has 0 unspecified atom stereocenters. The monoisotopic (exact) mass is 366 g/mol. The summed E-state index contributed by atoms with van der Waals surface area (Å²) in [4.78, 5) is 26.3. The Bertz CT molecular complexity index is 802. The number of anilines is 2. The summed E-state index contributed by atoms with van der Waals surface area (Å²) < 4.78 is 0. The Morgan fingerprint density at radius 1 is 1.00 bits per heavy atom. The van der Waals surface area contributed by atoms with E-state index in [-0.39, 0.29) is 23.8 Å². The number of benzene rings is 2. The number of hydrogen-bond acceptors (Lipinski definition) is 2. The summed E-state index contributed by atoms with van der Waals surface area (Å²) in [5.41, 5.74) is 3.69. The van der Waals surface area contributed by atoms with Crippen LogP contribution < -0.4 is 10.2 Å². The zero-order chi connectivity index (χ0) is 20.2. The highest BCUT2D eigenvalue weighted by molar-refractivity contribution is 6.02. The number of rotatable bonds is 5. The van der Waals surface area contributed by atoms with Crippen LogP contribution in [0.4, 0.5) is 11.4 Å². The SMILES string of the molecule is CC(=O)N(CC(=O)Nc1ccccc1C(C)(C)C)c1ccc(C(C)C)cc1. The number of para-hydroxylation sites is 1. The van der Waals surface area contributed by atoms with Crippen LogP contribution in [-0.2, 0) is 15.0 Å². The van der Waals surface area contributed by atoms with Crippen molar-refractivity contribution in [2.45, 2.75) is 52.9 Å². The van der Waals surface area contributed by atoms with E-state index in [1.54, 1.807) is 0 Å². The van der Waals surface area contributed by atoms with Crippen LogP contribution in [0.3, 0.4) is 0 Å². The Balaban J connectivity index is 2.18. The van der Waals surface area contributed by atoms with Crippen molar-refractivity contribution < 1.29 is 9.59 Å². The Morgan fingerprint density at radius 2 is 1.59 bits per heavy atom. The predicted octanol–water partition coefficient (Wildman–Crippen LogP) is 5.10. The summed E-state index contributed by atoms with van der Waals surface area (Å²) in [5.74, 6) is 0.0448. The smallest absolute Gasteiger partial charge is 0.244 e. The first kappa shape index (κ1) is 20.7. The van der Waals surface area contributed by atoms with Gasteiger partial charge in [0.2, 0.25) is 11.8 Å². The largest absolute Gasteiger partial charge is 0.324 e. The van der Waals surface area contributed by atoms with Crippen molar-refractivity contribution >= 4 is 23.2 Å². The van der Waals surface area contributed by atoms with Crippen LogP contribution in [0.25, 0.3) is 0 Å². The van der Waals surface area contributed by atoms with Crippen LogP contribution in [0.2, 0.25) is 0 Å². The molecule has 0 saturated heterocycles. The van der Waals surface area contributed by atoms with Crippen LogP contribution in [0, 0.1) is 0 Å². The second-order valence-corrected chi connectivity index (χ2v) is 8.20. The van der Waals surface area contributed by atoms with E-state index >= 15 is 0 Å². The number of nitrogens with one attached hydrogen (secondary N) is 1. The molecule has 27 heavy (non-hydrogen) atoms. The molecule has 2 aromatic rings. The molecular weight excluding hydrogens is 336 g/mol. The first-order chi connectivity index (χ1) is 12.6. The molecule has 0 aromatic heterocycles. The van der Waals surface area contributed by atoms with Crippen molar-refractivity contribution in [3.8, 4) is 0 Å². The molecule has 0 fully saturated rings. The minimum Gasteiger partial charge on any atom is -0.324 e. The normalized spacial score (nSPS) is 11.4. The lowest BCUT2D eigenvalue weighted by Gasteiger charge is -2.25. The van der Waals surface area contributed by atoms with Gasteiger partial charge in [-0.1, -0.05) is 65.0 Å². The molecule has 0 aliphatic rings. The van der Waals surface area contributed by atoms with Gasteiger partial charge in [0.15, 0.2) is 0 Å². The highest BCUT2D eigenvalue weighted by atomic mass is 16.2. The Hall–Kier alpha value is -2.62. The number of amides is 2. The fraction of sp³-hybridized carbons (Fsp3) is 0.391. The van der Waals surface area contributed by atoms with Gasteiger partial charge in [0.1, 0.15) is 6.54 Å². The van der Waals surface area contributed by atoms with Crippen molar-refractivity contribution in [2.24, 2.45) is 0 Å². The number of carbonyl (C=O) groups excluding carboxylic acids is 2. The molecule has 4 nitrogen and oxygen atoms in total. The van der Waals surface area contributed by atoms with E-state index < -0.39 is 0 Å². The maximum Gasteiger partial charge on any atom is 0.244 e. The van der Waals surface area contributed by atoms with Gasteiger partial charge in [-0.05, 0) is 40.7 Å². The summed E-state index contributed by atoms with van der Waals surface area (Å²) in [6.07, 6.45) is 0. The second kappa shape index (κ2) is 8.38. The topological polar surface area (TPSA) is 49.4 Å². The summed E-state index contributed by atoms with van der Waals surface area (Å²) in [5, 5.41) is 2.97. The Kier molecular flexibility index (Phi) is 6.42. The molecule has 0 radical (unpaired) electrons. The van der Waals surface area contributed by atoms with E-state index in [4.69, 9.17) is 0 Å². The van der Waals surface area contributed by atoms with Crippen LogP contribution in [0.15, 0.2) is 48.5 Å². The van der Waals surface area contributed by atoms with Crippen molar-refractivity contribution in [3.05, 3.63) is 59.7 Å². The van der Waals surface area contributed by atoms with E-state index in [2.05, 4.69) is 39.9 Å². The van der Waals surface area contributed by atoms with Crippen molar-refractivity contribution in [1.82, 2.24) is 0 Å². The van der Waals surface area contributed by atoms with Gasteiger partial charge in [0, 0.05) is 18.3 Å². The zero-order valence-corrected chi connectivity index (χ0v) is 17.2. The van der Waals surface area contributed by atoms with Gasteiger partial charge >= 0.3 is 0 Å². The zero-order valence-electron chi connectivity index (χ0n) is 17.2. The van der Waals surface area contributed by atoms with Crippen LogP contribution in [-0.4, -0.2) is 18.4 Å². The van der Waals surface area contributed by atoms with Crippen molar-refractivity contribution in [1.29, 1.82) is 0 Å². The van der Waals surface area contributed by atoms with E-state index in [9.17, 15) is 9.59 Å². The first-order valence-corrected chi connectivity index (χ1v) is 9.37. The minimum absolute atomic E-state index is 0.0190. The fourth-order valence-corrected chi connectivity index (χ4v) is 3.00. The standard InChI is InChI=1S/C23H30N2O2/c1-16(2)18-11-13-19(14-12-18)25(17(3)26)15-22(27)24-21-10-8-7-9-20(21)23(4,5)6/h7-14,16H,15H2,1-6H3,(H,24,27). The van der Waals surface area contributed by atoms with Crippen LogP contribution in [0.1, 0.15) is 58.6 Å². The molecule has 2 aromatic carbocycles. The summed E-state index contributed by atoms with van der Waals surface area (Å²) in [6.45, 7) is 12.0. The molecule has 4 heteroatoms. The maximum absolute atomic E-state index is 12.6. The number of carbonyl (C=O) groups is 2. The lowest BCUT2D eigenvalue weighted by Crippen LogP contribution is -2.37. The Morgan fingerprint density at radius 3 is 2.11 bits per heavy atom. The molecule has 0 bridgehead atoms. The van der Waals surface area contributed by atoms with Gasteiger partial charge < -0.3 is 10.2 Å². The van der Waals surface area contributed by atoms with Gasteiger partial charge in [-0.25, -0.2) is 0 Å². The van der Waals surface area contributed by atoms with Gasteiger partial charge in [-0.15, -0.1) is 0 Å². The van der Waals surface area contributed by atoms with E-state index in [0.29, 0.717) is 5.92 Å². The molecule has 144 valence electrons. The van der Waals surface area contributed by atoms with Crippen molar-refractivity contribution in [2.75, 3.05) is 16.8 Å². The molecular formula is C23H30N2O2. The van der Waals surface area contributed by atoms with E-state index in [1.165, 1.54) is 17.4 Å². The molecule has 2 rings (SSSR count). The molecule has 0 saturated carbocycles. The predicted molar refractivity (Wildman–Crippen MR) is 112 cm³/mol. The summed E-state index contributed by atoms with van der Waals surface area (Å²) in [6, 6.07) is 15.6. The number of nitrogens with zero attached hydrogens (tertiary/aromatic N) is 1. The maximum atomic E-state index is 12.6. The van der Waals surface area contributed by atoms with Gasteiger partial charge in [-0.3, -0.25) is 9.59 Å². The highest BCUT2D eigenvalue weighted by Gasteiger charge is 2.20. The van der Waals surface area contributed by atoms with Crippen LogP contribution in [0.5, 0.6) is 0 Å². The van der Waals surface area contributed by atoms with Gasteiger partial charge in [0.25, 0.3) is 0 Å². The number of hydrogen-bond donors (Lipinski definition) is 1. The molecule has 0 heterocycles. The summed E-state index contributed by atoms with van der Waals surface area (Å²) in [7, 11) is 0. The molecule has 2 amide bonds. The van der Waals surface area contributed by atoms with Crippen molar-refractivity contribution in [3.63, 3.8) is 0 Å². The average molecular weight is 367 g/mol. The third-order valence-electron chi connectivity index (χ3n) is 4.56. The molecule has 0 spiro atoms. The third kappa shape index (κ3) is 5.43. The highest BCUT2D eigenvalue weighted by Crippen LogP contribution is 2.29. The third-order valence-corrected chi connectivity index (χ3v) is 4.56.